The van der Waals surface area contributed by atoms with Crippen LogP contribution in [0.4, 0.5) is 0 Å². The van der Waals surface area contributed by atoms with Crippen LogP contribution in [0.1, 0.15) is 11.1 Å². The average molecular weight is 188 g/mol. The third kappa shape index (κ3) is 1.25. The molecule has 0 amide bonds. The van der Waals surface area contributed by atoms with Gasteiger partial charge in [-0.25, -0.2) is 4.98 Å². The molecule has 3 N–H and O–H groups in total. The van der Waals surface area contributed by atoms with E-state index in [4.69, 9.17) is 5.73 Å². The quantitative estimate of drug-likeness (QED) is 0.521. The summed E-state index contributed by atoms with van der Waals surface area (Å²) >= 11 is 0. The Balaban J connectivity index is 2.70. The number of aromatic nitrogens is 2. The molecule has 0 unspecified atom stereocenters. The molecule has 0 fully saturated rings. The topological polar surface area (TPSA) is 67.1 Å². The molecular formula is C10H12N4. The molecule has 4 heteroatoms. The zero-order valence-electron chi connectivity index (χ0n) is 8.20. The van der Waals surface area contributed by atoms with Gasteiger partial charge in [-0.05, 0) is 24.6 Å². The van der Waals surface area contributed by atoms with Crippen LogP contribution < -0.4 is 5.73 Å². The van der Waals surface area contributed by atoms with Crippen LogP contribution in [0.3, 0.4) is 0 Å². The number of nitrogens with one attached hydrogen (secondary N) is 1. The van der Waals surface area contributed by atoms with Crippen LogP contribution in [0.5, 0.6) is 0 Å². The number of nitrogens with zero attached hydrogens (tertiary/aromatic N) is 2. The van der Waals surface area contributed by atoms with Crippen molar-refractivity contribution in [2.24, 2.45) is 10.7 Å². The van der Waals surface area contributed by atoms with Crippen LogP contribution in [0.15, 0.2) is 23.5 Å². The van der Waals surface area contributed by atoms with Crippen LogP contribution in [0.2, 0.25) is 0 Å². The van der Waals surface area contributed by atoms with E-state index in [-0.39, 0.29) is 0 Å². The number of nitrogens with two attached hydrogens (primary N) is 1. The molecule has 0 bridgehead atoms. The van der Waals surface area contributed by atoms with Gasteiger partial charge in [0.15, 0.2) is 0 Å². The summed E-state index contributed by atoms with van der Waals surface area (Å²) in [5, 5.41) is 0. The summed E-state index contributed by atoms with van der Waals surface area (Å²) in [7, 11) is 1.68. The fourth-order valence-electron chi connectivity index (χ4n) is 1.50. The van der Waals surface area contributed by atoms with Gasteiger partial charge in [0.05, 0.1) is 17.4 Å². The lowest BCUT2D eigenvalue weighted by Gasteiger charge is -2.02. The van der Waals surface area contributed by atoms with Gasteiger partial charge in [0.2, 0.25) is 0 Å². The summed E-state index contributed by atoms with van der Waals surface area (Å²) in [6.45, 7) is 2.01. The van der Waals surface area contributed by atoms with E-state index in [9.17, 15) is 0 Å². The number of amidine groups is 1. The summed E-state index contributed by atoms with van der Waals surface area (Å²) in [6.07, 6.45) is 1.68. The summed E-state index contributed by atoms with van der Waals surface area (Å²) < 4.78 is 0. The van der Waals surface area contributed by atoms with E-state index in [1.165, 1.54) is 0 Å². The molecule has 0 atom stereocenters. The van der Waals surface area contributed by atoms with Gasteiger partial charge in [0.25, 0.3) is 0 Å². The lowest BCUT2D eigenvalue weighted by Crippen LogP contribution is -2.12. The average Bonchev–Trinajstić information content (AvgIpc) is 2.64. The molecule has 1 aromatic carbocycles. The molecule has 72 valence electrons. The Morgan fingerprint density at radius 1 is 1.50 bits per heavy atom. The summed E-state index contributed by atoms with van der Waals surface area (Å²) in [4.78, 5) is 11.2. The third-order valence-corrected chi connectivity index (χ3v) is 2.25. The monoisotopic (exact) mass is 188 g/mol. The Labute approximate surface area is 81.9 Å². The molecule has 2 rings (SSSR count). The van der Waals surface area contributed by atoms with Crippen LogP contribution in [0, 0.1) is 6.92 Å². The fourth-order valence-corrected chi connectivity index (χ4v) is 1.50. The van der Waals surface area contributed by atoms with Crippen molar-refractivity contribution in [1.29, 1.82) is 0 Å². The predicted octanol–water partition coefficient (Wildman–Crippen LogP) is 1.21. The zero-order valence-corrected chi connectivity index (χ0v) is 8.20. The lowest BCUT2D eigenvalue weighted by molar-refractivity contribution is 1.34. The molecule has 14 heavy (non-hydrogen) atoms. The first-order valence-corrected chi connectivity index (χ1v) is 4.38. The van der Waals surface area contributed by atoms with Gasteiger partial charge in [0, 0.05) is 12.6 Å². The van der Waals surface area contributed by atoms with E-state index in [0.717, 1.165) is 22.2 Å². The van der Waals surface area contributed by atoms with Crippen LogP contribution >= 0.6 is 0 Å². The highest BCUT2D eigenvalue weighted by atomic mass is 14.9. The molecule has 0 saturated carbocycles. The third-order valence-electron chi connectivity index (χ3n) is 2.25. The van der Waals surface area contributed by atoms with E-state index < -0.39 is 0 Å². The highest BCUT2D eigenvalue weighted by Crippen LogP contribution is 2.16. The molecule has 0 saturated heterocycles. The summed E-state index contributed by atoms with van der Waals surface area (Å²) in [5.74, 6) is 0.546. The van der Waals surface area contributed by atoms with Gasteiger partial charge in [-0.1, -0.05) is 0 Å². The number of hydrogen-bond acceptors (Lipinski definition) is 2. The van der Waals surface area contributed by atoms with Gasteiger partial charge >= 0.3 is 0 Å². The molecule has 0 spiro atoms. The predicted molar refractivity (Wildman–Crippen MR) is 57.5 cm³/mol. The summed E-state index contributed by atoms with van der Waals surface area (Å²) in [5.41, 5.74) is 9.75. The maximum absolute atomic E-state index is 5.74. The van der Waals surface area contributed by atoms with Gasteiger partial charge in [-0.3, -0.25) is 4.99 Å². The lowest BCUT2D eigenvalue weighted by atomic mass is 10.1. The Morgan fingerprint density at radius 2 is 2.29 bits per heavy atom. The Bertz CT molecular complexity index is 496. The van der Waals surface area contributed by atoms with Crippen LogP contribution in [-0.4, -0.2) is 22.9 Å². The first kappa shape index (κ1) is 8.74. The number of imidazole rings is 1. The second kappa shape index (κ2) is 3.14. The van der Waals surface area contributed by atoms with E-state index in [0.29, 0.717) is 5.84 Å². The highest BCUT2D eigenvalue weighted by Gasteiger charge is 2.04. The van der Waals surface area contributed by atoms with Gasteiger partial charge < -0.3 is 10.7 Å². The molecule has 0 radical (unpaired) electrons. The van der Waals surface area contributed by atoms with Crippen molar-refractivity contribution >= 4 is 16.9 Å². The van der Waals surface area contributed by atoms with Crippen molar-refractivity contribution in [3.8, 4) is 0 Å². The van der Waals surface area contributed by atoms with E-state index >= 15 is 0 Å². The van der Waals surface area contributed by atoms with Crippen LogP contribution in [0.25, 0.3) is 11.0 Å². The van der Waals surface area contributed by atoms with E-state index in [2.05, 4.69) is 15.0 Å². The Morgan fingerprint density at radius 3 is 3.00 bits per heavy atom. The molecule has 1 heterocycles. The molecule has 0 aliphatic heterocycles. The maximum atomic E-state index is 5.74. The SMILES string of the molecule is CN=C(N)c1cc(C)c2nc[nH]c2c1. The highest BCUT2D eigenvalue weighted by molar-refractivity contribution is 6.00. The van der Waals surface area contributed by atoms with Gasteiger partial charge in [0.1, 0.15) is 5.84 Å². The maximum Gasteiger partial charge on any atom is 0.125 e. The molecule has 0 aliphatic carbocycles. The minimum absolute atomic E-state index is 0.546. The van der Waals surface area contributed by atoms with Crippen molar-refractivity contribution in [2.45, 2.75) is 6.92 Å². The number of aromatic amines is 1. The molecule has 1 aromatic heterocycles. The minimum atomic E-state index is 0.546. The number of benzene rings is 1. The van der Waals surface area contributed by atoms with Gasteiger partial charge in [-0.2, -0.15) is 0 Å². The van der Waals surface area contributed by atoms with Crippen molar-refractivity contribution in [2.75, 3.05) is 7.05 Å². The first-order valence-electron chi connectivity index (χ1n) is 4.38. The van der Waals surface area contributed by atoms with Crippen molar-refractivity contribution in [1.82, 2.24) is 9.97 Å². The molecular weight excluding hydrogens is 176 g/mol. The Hall–Kier alpha value is -1.84. The smallest absolute Gasteiger partial charge is 0.125 e. The van der Waals surface area contributed by atoms with E-state index in [1.807, 2.05) is 19.1 Å². The van der Waals surface area contributed by atoms with Crippen LogP contribution in [-0.2, 0) is 0 Å². The standard InChI is InChI=1S/C10H12N4/c1-6-3-7(10(11)12-2)4-8-9(6)14-5-13-8/h3-5H,1-2H3,(H2,11,12)(H,13,14). The normalized spacial score (nSPS) is 12.3. The first-order chi connectivity index (χ1) is 6.72. The van der Waals surface area contributed by atoms with E-state index in [1.54, 1.807) is 13.4 Å². The molecule has 0 aliphatic rings. The van der Waals surface area contributed by atoms with Gasteiger partial charge in [-0.15, -0.1) is 0 Å². The number of aliphatic imine (C=N–C) groups is 1. The number of H-pyrrole nitrogens is 1. The van der Waals surface area contributed by atoms with Crippen molar-refractivity contribution in [3.05, 3.63) is 29.6 Å². The Kier molecular flexibility index (Phi) is 1.96. The number of aryl methyl sites for hydroxylation is 1. The molecule has 4 nitrogen and oxygen atoms in total. The summed E-state index contributed by atoms with van der Waals surface area (Å²) in [6, 6.07) is 3.95. The fraction of sp³-hybridized carbons (Fsp3) is 0.200. The number of hydrogen-bond donors (Lipinski definition) is 2. The largest absolute Gasteiger partial charge is 0.384 e. The zero-order chi connectivity index (χ0) is 10.1. The minimum Gasteiger partial charge on any atom is -0.384 e. The van der Waals surface area contributed by atoms with Crippen molar-refractivity contribution in [3.63, 3.8) is 0 Å². The number of rotatable bonds is 1. The second-order valence-electron chi connectivity index (χ2n) is 3.20. The van der Waals surface area contributed by atoms with Crippen molar-refractivity contribution < 1.29 is 0 Å². The second-order valence-corrected chi connectivity index (χ2v) is 3.20. The number of fused-ring (bicyclic) bond motifs is 1. The molecule has 2 aromatic rings.